The summed E-state index contributed by atoms with van der Waals surface area (Å²) in [6.07, 6.45) is 1.64. The second-order valence-electron chi connectivity index (χ2n) is 8.45. The Morgan fingerprint density at radius 3 is 2.55 bits per heavy atom. The van der Waals surface area contributed by atoms with Crippen LogP contribution in [0.3, 0.4) is 0 Å². The highest BCUT2D eigenvalue weighted by Crippen LogP contribution is 2.36. The molecule has 0 aromatic heterocycles. The van der Waals surface area contributed by atoms with Crippen LogP contribution in [0.2, 0.25) is 5.02 Å². The zero-order valence-corrected chi connectivity index (χ0v) is 21.9. The molecule has 5 rings (SSSR count). The Hall–Kier alpha value is -4.07. The monoisotopic (exact) mass is 543 g/mol. The summed E-state index contributed by atoms with van der Waals surface area (Å²) in [5, 5.41) is 2.15. The van der Waals surface area contributed by atoms with Gasteiger partial charge < -0.3 is 9.47 Å². The van der Waals surface area contributed by atoms with Crippen molar-refractivity contribution in [2.75, 3.05) is 6.61 Å². The molecule has 8 heteroatoms. The molecule has 0 unspecified atom stereocenters. The predicted molar refractivity (Wildman–Crippen MR) is 149 cm³/mol. The van der Waals surface area contributed by atoms with Gasteiger partial charge >= 0.3 is 5.97 Å². The molecule has 4 aromatic rings. The molecular formula is C30H22ClNO5S. The first kappa shape index (κ1) is 25.6. The molecular weight excluding hydrogens is 522 g/mol. The highest BCUT2D eigenvalue weighted by atomic mass is 35.5. The number of carbonyl (C=O) groups is 3. The fourth-order valence-corrected chi connectivity index (χ4v) is 5.16. The minimum Gasteiger partial charge on any atom is -0.490 e. The number of ether oxygens (including phenoxy) is 2. The number of benzene rings is 4. The fraction of sp³-hybridized carbons (Fsp3) is 0.100. The molecule has 0 atom stereocenters. The van der Waals surface area contributed by atoms with Crippen LogP contribution in [-0.4, -0.2) is 28.6 Å². The Kier molecular flexibility index (Phi) is 7.49. The number of rotatable bonds is 7. The maximum Gasteiger partial charge on any atom is 0.343 e. The van der Waals surface area contributed by atoms with E-state index in [-0.39, 0.29) is 23.4 Å². The topological polar surface area (TPSA) is 72.9 Å². The number of amides is 2. The zero-order chi connectivity index (χ0) is 26.6. The van der Waals surface area contributed by atoms with Crippen LogP contribution in [0.5, 0.6) is 11.5 Å². The lowest BCUT2D eigenvalue weighted by atomic mass is 10.0. The summed E-state index contributed by atoms with van der Waals surface area (Å²) in [6.45, 7) is 2.34. The van der Waals surface area contributed by atoms with Gasteiger partial charge in [0.25, 0.3) is 11.1 Å². The normalized spacial score (nSPS) is 14.4. The van der Waals surface area contributed by atoms with E-state index in [9.17, 15) is 14.4 Å². The molecule has 6 nitrogen and oxygen atoms in total. The van der Waals surface area contributed by atoms with Gasteiger partial charge in [0.2, 0.25) is 0 Å². The molecule has 0 aliphatic carbocycles. The van der Waals surface area contributed by atoms with Crippen LogP contribution in [-0.2, 0) is 11.3 Å². The number of imide groups is 1. The van der Waals surface area contributed by atoms with E-state index in [0.29, 0.717) is 33.4 Å². The standard InChI is InChI=1S/C30H22ClNO5S/c1-2-36-26-15-19(13-14-25(26)37-29(34)21-9-6-11-23(31)17-21)16-27-28(33)32(30(35)38-27)18-22-10-5-8-20-7-3-4-12-24(20)22/h3-17H,2,18H2,1H3/b27-16-. The predicted octanol–water partition coefficient (Wildman–Crippen LogP) is 7.35. The number of fused-ring (bicyclic) bond motifs is 1. The second-order valence-corrected chi connectivity index (χ2v) is 9.87. The molecule has 1 aliphatic rings. The summed E-state index contributed by atoms with van der Waals surface area (Å²) in [5.41, 5.74) is 1.84. The van der Waals surface area contributed by atoms with E-state index in [0.717, 1.165) is 28.1 Å². The summed E-state index contributed by atoms with van der Waals surface area (Å²) >= 11 is 6.88. The molecule has 1 saturated heterocycles. The lowest BCUT2D eigenvalue weighted by molar-refractivity contribution is -0.123. The van der Waals surface area contributed by atoms with E-state index in [2.05, 4.69) is 0 Å². The average molecular weight is 544 g/mol. The molecule has 190 valence electrons. The molecule has 1 heterocycles. The van der Waals surface area contributed by atoms with Gasteiger partial charge in [-0.15, -0.1) is 0 Å². The van der Waals surface area contributed by atoms with Crippen molar-refractivity contribution in [3.05, 3.63) is 112 Å². The van der Waals surface area contributed by atoms with E-state index < -0.39 is 5.97 Å². The van der Waals surface area contributed by atoms with Crippen molar-refractivity contribution >= 4 is 57.3 Å². The summed E-state index contributed by atoms with van der Waals surface area (Å²) in [5.74, 6) is -0.359. The van der Waals surface area contributed by atoms with Gasteiger partial charge in [0.05, 0.1) is 23.6 Å². The van der Waals surface area contributed by atoms with Gasteiger partial charge in [-0.25, -0.2) is 4.79 Å². The Balaban J connectivity index is 1.37. The summed E-state index contributed by atoms with van der Waals surface area (Å²) < 4.78 is 11.2. The number of hydrogen-bond acceptors (Lipinski definition) is 6. The quantitative estimate of drug-likeness (QED) is 0.138. The van der Waals surface area contributed by atoms with Gasteiger partial charge in [-0.3, -0.25) is 14.5 Å². The molecule has 38 heavy (non-hydrogen) atoms. The van der Waals surface area contributed by atoms with Gasteiger partial charge in [0.1, 0.15) is 0 Å². The first-order valence-electron chi connectivity index (χ1n) is 11.9. The van der Waals surface area contributed by atoms with Crippen LogP contribution >= 0.6 is 23.4 Å². The third-order valence-electron chi connectivity index (χ3n) is 5.91. The highest BCUT2D eigenvalue weighted by molar-refractivity contribution is 8.18. The number of halogens is 1. The number of nitrogens with zero attached hydrogens (tertiary/aromatic N) is 1. The lowest BCUT2D eigenvalue weighted by Gasteiger charge is -2.14. The molecule has 0 saturated carbocycles. The number of hydrogen-bond donors (Lipinski definition) is 0. The van der Waals surface area contributed by atoms with Crippen molar-refractivity contribution in [2.45, 2.75) is 13.5 Å². The zero-order valence-electron chi connectivity index (χ0n) is 20.3. The first-order chi connectivity index (χ1) is 18.4. The number of carbonyl (C=O) groups excluding carboxylic acids is 3. The molecule has 4 aromatic carbocycles. The minimum atomic E-state index is -0.573. The molecule has 2 amide bonds. The maximum absolute atomic E-state index is 13.2. The van der Waals surface area contributed by atoms with Crippen LogP contribution < -0.4 is 9.47 Å². The molecule has 0 spiro atoms. The molecule has 0 radical (unpaired) electrons. The van der Waals surface area contributed by atoms with Crippen LogP contribution in [0.4, 0.5) is 4.79 Å². The van der Waals surface area contributed by atoms with Gasteiger partial charge in [0.15, 0.2) is 11.5 Å². The Morgan fingerprint density at radius 1 is 0.947 bits per heavy atom. The van der Waals surface area contributed by atoms with Gasteiger partial charge in [-0.05, 0) is 77.0 Å². The van der Waals surface area contributed by atoms with Crippen molar-refractivity contribution in [2.24, 2.45) is 0 Å². The smallest absolute Gasteiger partial charge is 0.343 e. The van der Waals surface area contributed by atoms with Crippen molar-refractivity contribution < 1.29 is 23.9 Å². The van der Waals surface area contributed by atoms with Crippen molar-refractivity contribution in [1.82, 2.24) is 4.90 Å². The Labute approximate surface area is 228 Å². The van der Waals surface area contributed by atoms with Crippen molar-refractivity contribution in [3.63, 3.8) is 0 Å². The summed E-state index contributed by atoms with van der Waals surface area (Å²) in [7, 11) is 0. The van der Waals surface area contributed by atoms with E-state index in [4.69, 9.17) is 21.1 Å². The van der Waals surface area contributed by atoms with E-state index in [1.807, 2.05) is 49.4 Å². The third-order valence-corrected chi connectivity index (χ3v) is 7.05. The Bertz CT molecular complexity index is 1590. The van der Waals surface area contributed by atoms with Crippen LogP contribution in [0, 0.1) is 0 Å². The fourth-order valence-electron chi connectivity index (χ4n) is 4.13. The minimum absolute atomic E-state index is 0.186. The largest absolute Gasteiger partial charge is 0.490 e. The average Bonchev–Trinajstić information content (AvgIpc) is 3.17. The molecule has 0 bridgehead atoms. The van der Waals surface area contributed by atoms with E-state index in [1.165, 1.54) is 11.0 Å². The molecule has 1 fully saturated rings. The third kappa shape index (κ3) is 5.44. The molecule has 0 N–H and O–H groups in total. The molecule has 1 aliphatic heterocycles. The Morgan fingerprint density at radius 2 is 1.74 bits per heavy atom. The first-order valence-corrected chi connectivity index (χ1v) is 13.1. The van der Waals surface area contributed by atoms with Crippen LogP contribution in [0.25, 0.3) is 16.8 Å². The van der Waals surface area contributed by atoms with Gasteiger partial charge in [-0.2, -0.15) is 0 Å². The number of esters is 1. The lowest BCUT2D eigenvalue weighted by Crippen LogP contribution is -2.27. The van der Waals surface area contributed by atoms with Crippen LogP contribution in [0.15, 0.2) is 89.8 Å². The summed E-state index contributed by atoms with van der Waals surface area (Å²) in [4.78, 5) is 40.1. The van der Waals surface area contributed by atoms with Crippen LogP contribution in [0.1, 0.15) is 28.4 Å². The second kappa shape index (κ2) is 11.1. The van der Waals surface area contributed by atoms with Crippen molar-refractivity contribution in [3.8, 4) is 11.5 Å². The van der Waals surface area contributed by atoms with Gasteiger partial charge in [0, 0.05) is 5.02 Å². The van der Waals surface area contributed by atoms with E-state index in [1.54, 1.807) is 42.5 Å². The van der Waals surface area contributed by atoms with E-state index >= 15 is 0 Å². The highest BCUT2D eigenvalue weighted by Gasteiger charge is 2.35. The summed E-state index contributed by atoms with van der Waals surface area (Å²) in [6, 6.07) is 25.1. The van der Waals surface area contributed by atoms with Gasteiger partial charge in [-0.1, -0.05) is 66.2 Å². The SMILES string of the molecule is CCOc1cc(/C=C2\SC(=O)N(Cc3cccc4ccccc34)C2=O)ccc1OC(=O)c1cccc(Cl)c1. The number of thioether (sulfide) groups is 1. The maximum atomic E-state index is 13.2. The van der Waals surface area contributed by atoms with Crippen molar-refractivity contribution in [1.29, 1.82) is 0 Å².